The highest BCUT2D eigenvalue weighted by atomic mass is 35.5. The van der Waals surface area contributed by atoms with Gasteiger partial charge in [0.1, 0.15) is 16.6 Å². The van der Waals surface area contributed by atoms with Crippen LogP contribution in [0.2, 0.25) is 10.0 Å². The molecule has 4 aromatic rings. The second-order valence-corrected chi connectivity index (χ2v) is 7.31. The number of hydrogen-bond donors (Lipinski definition) is 2. The molecular formula is C21H13Cl2N3O5. The van der Waals surface area contributed by atoms with Crippen LogP contribution in [0.25, 0.3) is 28.0 Å². The van der Waals surface area contributed by atoms with E-state index in [9.17, 15) is 19.2 Å². The van der Waals surface area contributed by atoms with Gasteiger partial charge in [0, 0.05) is 5.56 Å². The standard InChI is InChI=1S/C21H13Cl2N3O5/c1-31-21(30)18(28)14-16(10-7-8-12(22)13(23)9-10)24-19-15(17(14)27)20(29)26(25-19)11-5-3-2-4-6-11/h2-9H,1H3,(H2,24,25,27). The summed E-state index contributed by atoms with van der Waals surface area (Å²) in [4.78, 5) is 53.8. The van der Waals surface area contributed by atoms with E-state index in [0.717, 1.165) is 11.8 Å². The maximum absolute atomic E-state index is 13.3. The molecular weight excluding hydrogens is 445 g/mol. The molecule has 8 nitrogen and oxygen atoms in total. The Kier molecular flexibility index (Phi) is 5.26. The summed E-state index contributed by atoms with van der Waals surface area (Å²) >= 11 is 12.1. The Morgan fingerprint density at radius 2 is 1.71 bits per heavy atom. The van der Waals surface area contributed by atoms with E-state index in [2.05, 4.69) is 14.8 Å². The highest BCUT2D eigenvalue weighted by molar-refractivity contribution is 6.43. The number of carbonyl (C=O) groups is 2. The molecule has 0 radical (unpaired) electrons. The van der Waals surface area contributed by atoms with Crippen LogP contribution in [0, 0.1) is 0 Å². The number of Topliss-reactive ketones (excluding diaryl/α,β-unsaturated/α-hetero) is 1. The van der Waals surface area contributed by atoms with Crippen molar-refractivity contribution in [3.63, 3.8) is 0 Å². The number of ether oxygens (including phenoxy) is 1. The lowest BCUT2D eigenvalue weighted by Gasteiger charge is -2.09. The van der Waals surface area contributed by atoms with Crippen molar-refractivity contribution in [1.29, 1.82) is 0 Å². The number of aromatic nitrogens is 3. The number of methoxy groups -OCH3 is 1. The number of pyridine rings is 1. The molecule has 156 valence electrons. The molecule has 0 amide bonds. The number of halogens is 2. The Morgan fingerprint density at radius 3 is 2.35 bits per heavy atom. The largest absolute Gasteiger partial charge is 0.463 e. The second-order valence-electron chi connectivity index (χ2n) is 6.49. The Balaban J connectivity index is 2.09. The third-order valence-corrected chi connectivity index (χ3v) is 5.40. The van der Waals surface area contributed by atoms with Crippen LogP contribution in [-0.2, 0) is 9.53 Å². The molecule has 10 heteroatoms. The van der Waals surface area contributed by atoms with Crippen LogP contribution in [0.1, 0.15) is 10.4 Å². The summed E-state index contributed by atoms with van der Waals surface area (Å²) in [6.07, 6.45) is 0. The summed E-state index contributed by atoms with van der Waals surface area (Å²) in [6.45, 7) is 0. The minimum Gasteiger partial charge on any atom is -0.463 e. The third kappa shape index (κ3) is 3.45. The number of aromatic amines is 2. The average Bonchev–Trinajstić information content (AvgIpc) is 3.11. The monoisotopic (exact) mass is 457 g/mol. The first-order chi connectivity index (χ1) is 14.8. The predicted molar refractivity (Wildman–Crippen MR) is 116 cm³/mol. The van der Waals surface area contributed by atoms with Crippen LogP contribution in [-0.4, -0.2) is 33.6 Å². The predicted octanol–water partition coefficient (Wildman–Crippen LogP) is 3.34. The molecule has 0 aliphatic rings. The number of ketones is 1. The van der Waals surface area contributed by atoms with Gasteiger partial charge in [0.15, 0.2) is 0 Å². The number of para-hydroxylation sites is 1. The van der Waals surface area contributed by atoms with E-state index in [4.69, 9.17) is 23.2 Å². The molecule has 0 spiro atoms. The van der Waals surface area contributed by atoms with Gasteiger partial charge in [-0.2, -0.15) is 0 Å². The van der Waals surface area contributed by atoms with Gasteiger partial charge in [-0.05, 0) is 24.3 Å². The van der Waals surface area contributed by atoms with E-state index in [0.29, 0.717) is 11.3 Å². The number of nitrogens with zero attached hydrogens (tertiary/aromatic N) is 1. The van der Waals surface area contributed by atoms with Gasteiger partial charge in [0.25, 0.3) is 11.3 Å². The highest BCUT2D eigenvalue weighted by Gasteiger charge is 2.28. The summed E-state index contributed by atoms with van der Waals surface area (Å²) < 4.78 is 5.65. The summed E-state index contributed by atoms with van der Waals surface area (Å²) in [5.74, 6) is -2.44. The molecule has 0 saturated carbocycles. The van der Waals surface area contributed by atoms with Crippen LogP contribution in [0.3, 0.4) is 0 Å². The smallest absolute Gasteiger partial charge is 0.379 e. The summed E-state index contributed by atoms with van der Waals surface area (Å²) in [7, 11) is 1.02. The number of rotatable bonds is 4. The molecule has 0 saturated heterocycles. The van der Waals surface area contributed by atoms with Crippen LogP contribution in [0.5, 0.6) is 0 Å². The van der Waals surface area contributed by atoms with Crippen molar-refractivity contribution in [2.75, 3.05) is 7.11 Å². The molecule has 0 atom stereocenters. The quantitative estimate of drug-likeness (QED) is 0.277. The zero-order chi connectivity index (χ0) is 22.3. The van der Waals surface area contributed by atoms with Gasteiger partial charge in [0.05, 0.1) is 28.5 Å². The first-order valence-corrected chi connectivity index (χ1v) is 9.63. The van der Waals surface area contributed by atoms with Gasteiger partial charge in [-0.25, -0.2) is 9.48 Å². The van der Waals surface area contributed by atoms with Crippen molar-refractivity contribution < 1.29 is 14.3 Å². The topological polar surface area (TPSA) is 114 Å². The van der Waals surface area contributed by atoms with Gasteiger partial charge in [0.2, 0.25) is 5.43 Å². The zero-order valence-electron chi connectivity index (χ0n) is 15.9. The SMILES string of the molecule is COC(=O)C(=O)c1c(-c2ccc(Cl)c(Cl)c2)[nH]c2[nH]n(-c3ccccc3)c(=O)c2c1=O. The summed E-state index contributed by atoms with van der Waals surface area (Å²) in [6, 6.07) is 13.0. The van der Waals surface area contributed by atoms with Gasteiger partial charge in [-0.1, -0.05) is 47.5 Å². The number of esters is 1. The molecule has 0 bridgehead atoms. The highest BCUT2D eigenvalue weighted by Crippen LogP contribution is 2.29. The van der Waals surface area contributed by atoms with Crippen LogP contribution < -0.4 is 11.0 Å². The van der Waals surface area contributed by atoms with E-state index in [1.54, 1.807) is 30.3 Å². The van der Waals surface area contributed by atoms with Crippen molar-refractivity contribution in [1.82, 2.24) is 14.8 Å². The first-order valence-electron chi connectivity index (χ1n) is 8.88. The van der Waals surface area contributed by atoms with Crippen molar-refractivity contribution in [2.45, 2.75) is 0 Å². The fraction of sp³-hybridized carbons (Fsp3) is 0.0476. The normalized spacial score (nSPS) is 10.9. The van der Waals surface area contributed by atoms with Crippen molar-refractivity contribution in [2.24, 2.45) is 0 Å². The molecule has 0 fully saturated rings. The average molecular weight is 458 g/mol. The van der Waals surface area contributed by atoms with Gasteiger partial charge < -0.3 is 9.72 Å². The fourth-order valence-corrected chi connectivity index (χ4v) is 3.50. The maximum atomic E-state index is 13.3. The van der Waals surface area contributed by atoms with Gasteiger partial charge >= 0.3 is 5.97 Å². The minimum atomic E-state index is -1.25. The summed E-state index contributed by atoms with van der Waals surface area (Å²) in [5, 5.41) is 2.96. The van der Waals surface area contributed by atoms with Gasteiger partial charge in [-0.15, -0.1) is 0 Å². The summed E-state index contributed by atoms with van der Waals surface area (Å²) in [5.41, 5.74) is -1.27. The number of nitrogens with one attached hydrogen (secondary N) is 2. The van der Waals surface area contributed by atoms with E-state index in [-0.39, 0.29) is 26.8 Å². The molecule has 0 aliphatic heterocycles. The molecule has 2 aromatic heterocycles. The van der Waals surface area contributed by atoms with Crippen molar-refractivity contribution in [3.05, 3.63) is 84.7 Å². The van der Waals surface area contributed by atoms with Crippen molar-refractivity contribution in [3.8, 4) is 16.9 Å². The third-order valence-electron chi connectivity index (χ3n) is 4.67. The Bertz CT molecular complexity index is 1470. The lowest BCUT2D eigenvalue weighted by atomic mass is 10.0. The molecule has 2 aromatic carbocycles. The number of H-pyrrole nitrogens is 2. The van der Waals surface area contributed by atoms with E-state index in [1.807, 2.05) is 0 Å². The number of benzene rings is 2. The molecule has 31 heavy (non-hydrogen) atoms. The molecule has 0 aliphatic carbocycles. The zero-order valence-corrected chi connectivity index (χ0v) is 17.4. The number of carbonyl (C=O) groups excluding carboxylic acids is 2. The lowest BCUT2D eigenvalue weighted by molar-refractivity contribution is -0.135. The number of hydrogen-bond acceptors (Lipinski definition) is 5. The first kappa shape index (κ1) is 20.6. The van der Waals surface area contributed by atoms with E-state index >= 15 is 0 Å². The lowest BCUT2D eigenvalue weighted by Crippen LogP contribution is -2.27. The maximum Gasteiger partial charge on any atom is 0.379 e. The number of fused-ring (bicyclic) bond motifs is 1. The van der Waals surface area contributed by atoms with Crippen LogP contribution in [0.4, 0.5) is 0 Å². The van der Waals surface area contributed by atoms with Crippen molar-refractivity contribution >= 4 is 46.0 Å². The van der Waals surface area contributed by atoms with E-state index < -0.39 is 28.3 Å². The van der Waals surface area contributed by atoms with Crippen LogP contribution in [0.15, 0.2) is 58.1 Å². The minimum absolute atomic E-state index is 0.00655. The molecule has 0 unspecified atom stereocenters. The van der Waals surface area contributed by atoms with E-state index in [1.165, 1.54) is 18.2 Å². The Hall–Kier alpha value is -3.62. The Labute approximate surface area is 184 Å². The second kappa shape index (κ2) is 7.90. The molecule has 4 rings (SSSR count). The molecule has 2 N–H and O–H groups in total. The van der Waals surface area contributed by atoms with Gasteiger partial charge in [-0.3, -0.25) is 19.5 Å². The van der Waals surface area contributed by atoms with Crippen LogP contribution >= 0.6 is 23.2 Å². The Morgan fingerprint density at radius 1 is 1.00 bits per heavy atom. The molecule has 2 heterocycles. The fourth-order valence-electron chi connectivity index (χ4n) is 3.20.